The first-order valence-corrected chi connectivity index (χ1v) is 7.55. The topological polar surface area (TPSA) is 38.3 Å². The smallest absolute Gasteiger partial charge is 0.262 e. The van der Waals surface area contributed by atoms with Gasteiger partial charge in [-0.05, 0) is 35.9 Å². The van der Waals surface area contributed by atoms with Gasteiger partial charge in [0, 0.05) is 11.3 Å². The average molecular weight is 321 g/mol. The van der Waals surface area contributed by atoms with Crippen LogP contribution in [-0.4, -0.2) is 12.5 Å². The molecule has 0 unspecified atom stereocenters. The number of amides is 1. The maximum atomic E-state index is 12.9. The van der Waals surface area contributed by atoms with E-state index in [0.717, 1.165) is 11.1 Å². The molecule has 1 N–H and O–H groups in total. The maximum absolute atomic E-state index is 12.9. The van der Waals surface area contributed by atoms with Crippen molar-refractivity contribution in [1.82, 2.24) is 0 Å². The fraction of sp³-hybridized carbons (Fsp3) is 0.0500. The highest BCUT2D eigenvalue weighted by atomic mass is 19.1. The summed E-state index contributed by atoms with van der Waals surface area (Å²) in [4.78, 5) is 12.0. The van der Waals surface area contributed by atoms with Crippen molar-refractivity contribution in [2.45, 2.75) is 0 Å². The second-order valence-electron chi connectivity index (χ2n) is 5.21. The van der Waals surface area contributed by atoms with Crippen molar-refractivity contribution >= 4 is 11.6 Å². The predicted molar refractivity (Wildman–Crippen MR) is 92.4 cm³/mol. The van der Waals surface area contributed by atoms with Crippen LogP contribution in [0.15, 0.2) is 78.9 Å². The minimum Gasteiger partial charge on any atom is -0.483 e. The molecule has 0 spiro atoms. The Morgan fingerprint density at radius 2 is 1.54 bits per heavy atom. The molecule has 0 aliphatic heterocycles. The number of benzene rings is 3. The van der Waals surface area contributed by atoms with Gasteiger partial charge in [0.05, 0.1) is 0 Å². The molecule has 3 aromatic carbocycles. The zero-order chi connectivity index (χ0) is 16.8. The molecule has 3 nitrogen and oxygen atoms in total. The third-order valence-electron chi connectivity index (χ3n) is 3.46. The third-order valence-corrected chi connectivity index (χ3v) is 3.46. The Morgan fingerprint density at radius 1 is 0.875 bits per heavy atom. The monoisotopic (exact) mass is 321 g/mol. The Hall–Kier alpha value is -3.14. The molecule has 0 aliphatic carbocycles. The summed E-state index contributed by atoms with van der Waals surface area (Å²) in [6.45, 7) is -0.124. The van der Waals surface area contributed by atoms with Gasteiger partial charge in [0.2, 0.25) is 0 Å². The number of halogens is 1. The molecule has 1 amide bonds. The molecule has 0 bridgehead atoms. The summed E-state index contributed by atoms with van der Waals surface area (Å²) >= 11 is 0. The molecule has 0 saturated heterocycles. The molecular formula is C20H16FNO2. The molecular weight excluding hydrogens is 305 g/mol. The second-order valence-corrected chi connectivity index (χ2v) is 5.21. The van der Waals surface area contributed by atoms with Crippen LogP contribution in [0.1, 0.15) is 0 Å². The summed E-state index contributed by atoms with van der Waals surface area (Å²) in [6.07, 6.45) is 0. The summed E-state index contributed by atoms with van der Waals surface area (Å²) in [5.74, 6) is -0.0107. The second kappa shape index (κ2) is 7.42. The minimum absolute atomic E-state index is 0.124. The van der Waals surface area contributed by atoms with E-state index in [4.69, 9.17) is 4.74 Å². The lowest BCUT2D eigenvalue weighted by Gasteiger charge is -2.12. The maximum Gasteiger partial charge on any atom is 0.262 e. The normalized spacial score (nSPS) is 10.2. The van der Waals surface area contributed by atoms with Gasteiger partial charge in [-0.15, -0.1) is 0 Å². The van der Waals surface area contributed by atoms with Gasteiger partial charge in [-0.2, -0.15) is 0 Å². The number of anilines is 1. The van der Waals surface area contributed by atoms with Crippen LogP contribution in [0.2, 0.25) is 0 Å². The molecule has 3 rings (SSSR count). The summed E-state index contributed by atoms with van der Waals surface area (Å²) in [6, 6.07) is 23.0. The van der Waals surface area contributed by atoms with Crippen molar-refractivity contribution in [3.63, 3.8) is 0 Å². The fourth-order valence-electron chi connectivity index (χ4n) is 2.32. The molecule has 24 heavy (non-hydrogen) atoms. The molecule has 0 fully saturated rings. The van der Waals surface area contributed by atoms with Crippen LogP contribution in [0.4, 0.5) is 10.1 Å². The van der Waals surface area contributed by atoms with Gasteiger partial charge in [-0.1, -0.05) is 48.5 Å². The van der Waals surface area contributed by atoms with Crippen molar-refractivity contribution in [3.05, 3.63) is 84.7 Å². The first-order valence-electron chi connectivity index (χ1n) is 7.55. The minimum atomic E-state index is -0.346. The van der Waals surface area contributed by atoms with E-state index in [1.807, 2.05) is 54.6 Å². The Bertz CT molecular complexity index is 817. The van der Waals surface area contributed by atoms with Gasteiger partial charge >= 0.3 is 0 Å². The highest BCUT2D eigenvalue weighted by molar-refractivity contribution is 5.92. The van der Waals surface area contributed by atoms with Gasteiger partial charge in [0.15, 0.2) is 6.61 Å². The van der Waals surface area contributed by atoms with Crippen LogP contribution >= 0.6 is 0 Å². The van der Waals surface area contributed by atoms with Crippen LogP contribution in [-0.2, 0) is 4.79 Å². The fourth-order valence-corrected chi connectivity index (χ4v) is 2.32. The van der Waals surface area contributed by atoms with Crippen LogP contribution in [0.3, 0.4) is 0 Å². The first kappa shape index (κ1) is 15.7. The lowest BCUT2D eigenvalue weighted by atomic mass is 10.1. The van der Waals surface area contributed by atoms with E-state index in [0.29, 0.717) is 11.4 Å². The van der Waals surface area contributed by atoms with E-state index in [1.165, 1.54) is 24.3 Å². The Labute approximate surface area is 139 Å². The quantitative estimate of drug-likeness (QED) is 0.751. The number of carbonyl (C=O) groups excluding carboxylic acids is 1. The lowest BCUT2D eigenvalue weighted by Crippen LogP contribution is -2.20. The van der Waals surface area contributed by atoms with Crippen molar-refractivity contribution in [2.24, 2.45) is 0 Å². The van der Waals surface area contributed by atoms with Gasteiger partial charge < -0.3 is 10.1 Å². The van der Waals surface area contributed by atoms with Gasteiger partial charge in [-0.3, -0.25) is 4.79 Å². The van der Waals surface area contributed by atoms with E-state index in [-0.39, 0.29) is 18.3 Å². The molecule has 0 saturated carbocycles. The standard InChI is InChI=1S/C20H16FNO2/c21-16-10-12-17(13-11-16)22-20(23)14-24-19-9-5-4-8-18(19)15-6-2-1-3-7-15/h1-13H,14H2,(H,22,23). The molecule has 0 heterocycles. The van der Waals surface area contributed by atoms with Crippen LogP contribution in [0.25, 0.3) is 11.1 Å². The third kappa shape index (κ3) is 3.98. The van der Waals surface area contributed by atoms with Crippen molar-refractivity contribution in [2.75, 3.05) is 11.9 Å². The Morgan fingerprint density at radius 3 is 2.29 bits per heavy atom. The summed E-state index contributed by atoms with van der Waals surface area (Å²) < 4.78 is 18.5. The zero-order valence-corrected chi connectivity index (χ0v) is 12.9. The molecule has 4 heteroatoms. The molecule has 0 atom stereocenters. The number of nitrogens with one attached hydrogen (secondary N) is 1. The van der Waals surface area contributed by atoms with E-state index in [1.54, 1.807) is 0 Å². The first-order chi connectivity index (χ1) is 11.7. The zero-order valence-electron chi connectivity index (χ0n) is 12.9. The summed E-state index contributed by atoms with van der Waals surface area (Å²) in [5, 5.41) is 2.67. The average Bonchev–Trinajstić information content (AvgIpc) is 2.63. The van der Waals surface area contributed by atoms with E-state index in [9.17, 15) is 9.18 Å². The Balaban J connectivity index is 1.66. The number of rotatable bonds is 5. The van der Waals surface area contributed by atoms with Crippen molar-refractivity contribution in [3.8, 4) is 16.9 Å². The van der Waals surface area contributed by atoms with E-state index in [2.05, 4.69) is 5.32 Å². The SMILES string of the molecule is O=C(COc1ccccc1-c1ccccc1)Nc1ccc(F)cc1. The number of para-hydroxylation sites is 1. The van der Waals surface area contributed by atoms with E-state index >= 15 is 0 Å². The predicted octanol–water partition coefficient (Wildman–Crippen LogP) is 4.51. The van der Waals surface area contributed by atoms with Crippen LogP contribution < -0.4 is 10.1 Å². The van der Waals surface area contributed by atoms with Crippen molar-refractivity contribution in [1.29, 1.82) is 0 Å². The summed E-state index contributed by atoms with van der Waals surface area (Å²) in [7, 11) is 0. The van der Waals surface area contributed by atoms with E-state index < -0.39 is 0 Å². The number of hydrogen-bond donors (Lipinski definition) is 1. The van der Waals surface area contributed by atoms with Crippen molar-refractivity contribution < 1.29 is 13.9 Å². The number of hydrogen-bond acceptors (Lipinski definition) is 2. The number of ether oxygens (including phenoxy) is 1. The molecule has 0 aliphatic rings. The highest BCUT2D eigenvalue weighted by Crippen LogP contribution is 2.29. The highest BCUT2D eigenvalue weighted by Gasteiger charge is 2.08. The van der Waals surface area contributed by atoms with Gasteiger partial charge in [-0.25, -0.2) is 4.39 Å². The molecule has 3 aromatic rings. The molecule has 120 valence electrons. The van der Waals surface area contributed by atoms with Crippen LogP contribution in [0.5, 0.6) is 5.75 Å². The summed E-state index contributed by atoms with van der Waals surface area (Å²) in [5.41, 5.74) is 2.47. The van der Waals surface area contributed by atoms with Gasteiger partial charge in [0.1, 0.15) is 11.6 Å². The lowest BCUT2D eigenvalue weighted by molar-refractivity contribution is -0.118. The van der Waals surface area contributed by atoms with Gasteiger partial charge in [0.25, 0.3) is 5.91 Å². The number of carbonyl (C=O) groups is 1. The Kier molecular flexibility index (Phi) is 4.87. The van der Waals surface area contributed by atoms with Crippen LogP contribution in [0, 0.1) is 5.82 Å². The largest absolute Gasteiger partial charge is 0.483 e. The molecule has 0 aromatic heterocycles. The molecule has 0 radical (unpaired) electrons.